The molecule has 0 saturated carbocycles. The molecule has 0 saturated heterocycles. The molecule has 1 aliphatic rings. The molecular weight excluding hydrogens is 437 g/mol. The number of Topliss-reactive ketones (excluding diaryl/α,β-unsaturated/α-hetero) is 1. The Kier molecular flexibility index (Phi) is 7.75. The fourth-order valence-corrected chi connectivity index (χ4v) is 3.57. The van der Waals surface area contributed by atoms with Crippen molar-refractivity contribution in [3.05, 3.63) is 64.5 Å². The van der Waals surface area contributed by atoms with Gasteiger partial charge in [-0.25, -0.2) is 4.39 Å². The smallest absolute Gasteiger partial charge is 0.387 e. The fourth-order valence-electron chi connectivity index (χ4n) is 3.57. The number of nitrogens with one attached hydrogen (secondary N) is 2. The van der Waals surface area contributed by atoms with Crippen LogP contribution in [0.3, 0.4) is 0 Å². The number of ketones is 1. The number of amides is 1. The van der Waals surface area contributed by atoms with Gasteiger partial charge in [-0.1, -0.05) is 23.8 Å². The molecule has 9 heteroatoms. The number of alkyl halides is 2. The van der Waals surface area contributed by atoms with Crippen LogP contribution >= 0.6 is 0 Å². The van der Waals surface area contributed by atoms with Crippen molar-refractivity contribution in [1.29, 1.82) is 0 Å². The molecule has 0 bridgehead atoms. The molecule has 2 aromatic rings. The third kappa shape index (κ3) is 5.92. The fraction of sp³-hybridized carbons (Fsp3) is 0.333. The van der Waals surface area contributed by atoms with E-state index in [1.54, 1.807) is 18.2 Å². The summed E-state index contributed by atoms with van der Waals surface area (Å²) in [5, 5.41) is 5.51. The zero-order valence-electron chi connectivity index (χ0n) is 18.5. The lowest BCUT2D eigenvalue weighted by molar-refractivity contribution is -0.127. The van der Waals surface area contributed by atoms with E-state index in [0.717, 1.165) is 11.6 Å². The van der Waals surface area contributed by atoms with Crippen LogP contribution in [0.2, 0.25) is 0 Å². The molecule has 1 heterocycles. The Morgan fingerprint density at radius 1 is 1.24 bits per heavy atom. The number of aryl methyl sites for hydroxylation is 1. The molecule has 33 heavy (non-hydrogen) atoms. The van der Waals surface area contributed by atoms with E-state index < -0.39 is 24.4 Å². The molecule has 0 fully saturated rings. The first-order valence-electron chi connectivity index (χ1n) is 10.3. The number of anilines is 1. The second-order valence-electron chi connectivity index (χ2n) is 7.68. The van der Waals surface area contributed by atoms with Crippen LogP contribution in [0.5, 0.6) is 5.75 Å². The van der Waals surface area contributed by atoms with Crippen LogP contribution in [0.15, 0.2) is 36.4 Å². The number of carbonyl (C=O) groups excluding carboxylic acids is 2. The van der Waals surface area contributed by atoms with E-state index in [1.165, 1.54) is 26.1 Å². The number of benzene rings is 2. The molecule has 6 nitrogen and oxygen atoms in total. The summed E-state index contributed by atoms with van der Waals surface area (Å²) in [7, 11) is 1.42. The van der Waals surface area contributed by atoms with Crippen molar-refractivity contribution in [2.45, 2.75) is 39.5 Å². The predicted octanol–water partition coefficient (Wildman–Crippen LogP) is 4.47. The van der Waals surface area contributed by atoms with Gasteiger partial charge in [-0.15, -0.1) is 0 Å². The molecule has 0 spiro atoms. The summed E-state index contributed by atoms with van der Waals surface area (Å²) in [5.74, 6) is -1.23. The lowest BCUT2D eigenvalue weighted by Gasteiger charge is -2.22. The minimum absolute atomic E-state index is 0.00518. The van der Waals surface area contributed by atoms with Gasteiger partial charge in [0.2, 0.25) is 0 Å². The quantitative estimate of drug-likeness (QED) is 0.606. The average Bonchev–Trinajstić information content (AvgIpc) is 2.78. The number of halogens is 3. The maximum absolute atomic E-state index is 14.9. The minimum atomic E-state index is -2.98. The third-order valence-electron chi connectivity index (χ3n) is 5.30. The Hall–Kier alpha value is -3.33. The summed E-state index contributed by atoms with van der Waals surface area (Å²) in [4.78, 5) is 23.9. The summed E-state index contributed by atoms with van der Waals surface area (Å²) in [6.07, 6.45) is 1.50. The molecule has 1 atom stereocenters. The van der Waals surface area contributed by atoms with E-state index in [2.05, 4.69) is 15.4 Å². The lowest BCUT2D eigenvalue weighted by Crippen LogP contribution is -2.25. The second kappa shape index (κ2) is 10.5. The standard InChI is InChI=1S/C24H25F3N2O4/c1-13-4-6-22(33-24(26)27)16(8-13)11-29-20-10-17(19(25)9-18(20)23(31)28-3)15-5-7-21(14(2)30)32-12-15/h4-6,8-10,21,24,29H,7,11-12H2,1-3H3,(H,28,31). The van der Waals surface area contributed by atoms with Crippen molar-refractivity contribution in [1.82, 2.24) is 5.32 Å². The first-order chi connectivity index (χ1) is 15.7. The van der Waals surface area contributed by atoms with Gasteiger partial charge in [-0.05, 0) is 44.0 Å². The van der Waals surface area contributed by atoms with Crippen molar-refractivity contribution in [2.24, 2.45) is 0 Å². The normalized spacial score (nSPS) is 15.7. The molecule has 1 amide bonds. The SMILES string of the molecule is CNC(=O)c1cc(F)c(C2=CCC(C(C)=O)OC2)cc1NCc1cc(C)ccc1OC(F)F. The van der Waals surface area contributed by atoms with Gasteiger partial charge in [0.05, 0.1) is 12.2 Å². The van der Waals surface area contributed by atoms with Crippen LogP contribution < -0.4 is 15.4 Å². The Balaban J connectivity index is 1.94. The van der Waals surface area contributed by atoms with Crippen molar-refractivity contribution >= 4 is 23.0 Å². The van der Waals surface area contributed by atoms with Crippen LogP contribution in [0.25, 0.3) is 5.57 Å². The summed E-state index contributed by atoms with van der Waals surface area (Å²) in [6.45, 7) is 0.361. The molecule has 3 rings (SSSR count). The van der Waals surface area contributed by atoms with Crippen molar-refractivity contribution in [2.75, 3.05) is 19.0 Å². The van der Waals surface area contributed by atoms with Crippen LogP contribution in [0.4, 0.5) is 18.9 Å². The summed E-state index contributed by atoms with van der Waals surface area (Å²) in [5.41, 5.74) is 2.43. The van der Waals surface area contributed by atoms with Crippen LogP contribution in [-0.2, 0) is 16.1 Å². The Morgan fingerprint density at radius 3 is 2.61 bits per heavy atom. The number of carbonyl (C=O) groups is 2. The highest BCUT2D eigenvalue weighted by molar-refractivity contribution is 6.00. The first-order valence-corrected chi connectivity index (χ1v) is 10.3. The van der Waals surface area contributed by atoms with Gasteiger partial charge in [-0.3, -0.25) is 9.59 Å². The summed E-state index contributed by atoms with van der Waals surface area (Å²) in [6, 6.07) is 7.38. The van der Waals surface area contributed by atoms with Gasteiger partial charge < -0.3 is 20.1 Å². The van der Waals surface area contributed by atoms with Crippen molar-refractivity contribution in [3.8, 4) is 5.75 Å². The minimum Gasteiger partial charge on any atom is -0.434 e. The largest absolute Gasteiger partial charge is 0.434 e. The summed E-state index contributed by atoms with van der Waals surface area (Å²) < 4.78 is 50.6. The van der Waals surface area contributed by atoms with Crippen molar-refractivity contribution < 1.29 is 32.2 Å². The van der Waals surface area contributed by atoms with E-state index >= 15 is 0 Å². The molecule has 0 radical (unpaired) electrons. The Labute approximate surface area is 189 Å². The van der Waals surface area contributed by atoms with Crippen LogP contribution in [0.1, 0.15) is 40.4 Å². The van der Waals surface area contributed by atoms with E-state index in [9.17, 15) is 22.8 Å². The molecular formula is C24H25F3N2O4. The maximum Gasteiger partial charge on any atom is 0.387 e. The monoisotopic (exact) mass is 462 g/mol. The highest BCUT2D eigenvalue weighted by Gasteiger charge is 2.23. The topological polar surface area (TPSA) is 76.7 Å². The lowest BCUT2D eigenvalue weighted by atomic mass is 9.97. The highest BCUT2D eigenvalue weighted by Crippen LogP contribution is 2.31. The maximum atomic E-state index is 14.9. The summed E-state index contributed by atoms with van der Waals surface area (Å²) >= 11 is 0. The molecule has 0 aromatic heterocycles. The zero-order valence-corrected chi connectivity index (χ0v) is 18.5. The van der Waals surface area contributed by atoms with Gasteiger partial charge >= 0.3 is 6.61 Å². The molecule has 176 valence electrons. The molecule has 1 unspecified atom stereocenters. The van der Waals surface area contributed by atoms with E-state index in [4.69, 9.17) is 4.74 Å². The van der Waals surface area contributed by atoms with Gasteiger partial charge in [0, 0.05) is 30.4 Å². The Bertz CT molecular complexity index is 1090. The van der Waals surface area contributed by atoms with Gasteiger partial charge in [0.15, 0.2) is 5.78 Å². The molecule has 2 N–H and O–H groups in total. The number of ether oxygens (including phenoxy) is 2. The van der Waals surface area contributed by atoms with Gasteiger partial charge in [0.1, 0.15) is 17.7 Å². The average molecular weight is 462 g/mol. The van der Waals surface area contributed by atoms with E-state index in [-0.39, 0.29) is 35.8 Å². The molecule has 2 aromatic carbocycles. The van der Waals surface area contributed by atoms with E-state index in [1.807, 2.05) is 6.92 Å². The Morgan fingerprint density at radius 2 is 2.00 bits per heavy atom. The zero-order chi connectivity index (χ0) is 24.1. The number of hydrogen-bond donors (Lipinski definition) is 2. The van der Waals surface area contributed by atoms with Crippen LogP contribution in [0, 0.1) is 12.7 Å². The van der Waals surface area contributed by atoms with E-state index in [0.29, 0.717) is 23.2 Å². The van der Waals surface area contributed by atoms with Crippen molar-refractivity contribution in [3.63, 3.8) is 0 Å². The van der Waals surface area contributed by atoms with Crippen LogP contribution in [-0.4, -0.2) is 38.1 Å². The number of rotatable bonds is 8. The van der Waals surface area contributed by atoms with Gasteiger partial charge in [0.25, 0.3) is 5.91 Å². The number of hydrogen-bond acceptors (Lipinski definition) is 5. The highest BCUT2D eigenvalue weighted by atomic mass is 19.3. The second-order valence-corrected chi connectivity index (χ2v) is 7.68. The van der Waals surface area contributed by atoms with Gasteiger partial charge in [-0.2, -0.15) is 8.78 Å². The molecule has 0 aliphatic carbocycles. The molecule has 1 aliphatic heterocycles. The third-order valence-corrected chi connectivity index (χ3v) is 5.30. The first kappa shape index (κ1) is 24.3. The predicted molar refractivity (Wildman–Crippen MR) is 118 cm³/mol.